The molecule has 0 bridgehead atoms. The Balaban J connectivity index is 1.79. The first-order valence-corrected chi connectivity index (χ1v) is 7.40. The lowest BCUT2D eigenvalue weighted by molar-refractivity contribution is 0.383. The first kappa shape index (κ1) is 14.5. The van der Waals surface area contributed by atoms with Gasteiger partial charge in [0.15, 0.2) is 11.6 Å². The summed E-state index contributed by atoms with van der Waals surface area (Å²) in [5, 5.41) is 11.8. The normalized spacial score (nSPS) is 10.7. The Kier molecular flexibility index (Phi) is 4.06. The van der Waals surface area contributed by atoms with Gasteiger partial charge in [-0.2, -0.15) is 5.10 Å². The highest BCUT2D eigenvalue weighted by Crippen LogP contribution is 2.28. The van der Waals surface area contributed by atoms with E-state index in [0.29, 0.717) is 6.54 Å². The van der Waals surface area contributed by atoms with Crippen molar-refractivity contribution in [1.82, 2.24) is 10.2 Å². The number of anilines is 1. The van der Waals surface area contributed by atoms with Gasteiger partial charge >= 0.3 is 0 Å². The number of hydrogen-bond donors (Lipinski definition) is 2. The summed E-state index contributed by atoms with van der Waals surface area (Å²) in [6.07, 6.45) is 1.67. The minimum atomic E-state index is -0.614. The Bertz CT molecular complexity index is 771. The third-order valence-corrected chi connectivity index (χ3v) is 4.08. The Morgan fingerprint density at radius 1 is 1.32 bits per heavy atom. The summed E-state index contributed by atoms with van der Waals surface area (Å²) in [6, 6.07) is 6.01. The Labute approximate surface area is 129 Å². The molecule has 0 unspecified atom stereocenters. The molecule has 0 aliphatic carbocycles. The fraction of sp³-hybridized carbons (Fsp3) is 0.133. The average molecular weight is 321 g/mol. The monoisotopic (exact) mass is 321 g/mol. The SMILES string of the molecule is COc1cc(F)c(NCc2cn[nH]c2-c2cccs2)cc1F. The highest BCUT2D eigenvalue weighted by molar-refractivity contribution is 7.13. The number of nitrogens with one attached hydrogen (secondary N) is 2. The van der Waals surface area contributed by atoms with Crippen LogP contribution in [0.15, 0.2) is 35.8 Å². The van der Waals surface area contributed by atoms with Crippen molar-refractivity contribution in [2.45, 2.75) is 6.54 Å². The molecule has 0 aliphatic heterocycles. The molecule has 22 heavy (non-hydrogen) atoms. The Morgan fingerprint density at radius 3 is 2.91 bits per heavy atom. The molecule has 0 amide bonds. The van der Waals surface area contributed by atoms with Gasteiger partial charge in [-0.1, -0.05) is 6.07 Å². The molecule has 3 rings (SSSR count). The summed E-state index contributed by atoms with van der Waals surface area (Å²) < 4.78 is 32.3. The molecule has 0 saturated heterocycles. The van der Waals surface area contributed by atoms with Crippen molar-refractivity contribution >= 4 is 17.0 Å². The number of H-pyrrole nitrogens is 1. The molecule has 0 aliphatic rings. The molecule has 0 atom stereocenters. The van der Waals surface area contributed by atoms with E-state index in [1.54, 1.807) is 17.5 Å². The molecule has 0 saturated carbocycles. The van der Waals surface area contributed by atoms with Crippen LogP contribution >= 0.6 is 11.3 Å². The Hall–Kier alpha value is -2.41. The van der Waals surface area contributed by atoms with Gasteiger partial charge in [-0.25, -0.2) is 8.78 Å². The van der Waals surface area contributed by atoms with E-state index in [4.69, 9.17) is 4.74 Å². The first-order chi connectivity index (χ1) is 10.7. The third-order valence-electron chi connectivity index (χ3n) is 3.20. The molecular weight excluding hydrogens is 308 g/mol. The second-order valence-electron chi connectivity index (χ2n) is 4.57. The maximum absolute atomic E-state index is 13.9. The number of thiophene rings is 1. The lowest BCUT2D eigenvalue weighted by Crippen LogP contribution is -2.03. The van der Waals surface area contributed by atoms with Crippen molar-refractivity contribution < 1.29 is 13.5 Å². The molecule has 114 valence electrons. The number of nitrogens with zero attached hydrogens (tertiary/aromatic N) is 1. The van der Waals surface area contributed by atoms with Crippen LogP contribution < -0.4 is 10.1 Å². The number of halogens is 2. The maximum atomic E-state index is 13.9. The second-order valence-corrected chi connectivity index (χ2v) is 5.52. The van der Waals surface area contributed by atoms with Gasteiger partial charge in [0.05, 0.1) is 29.6 Å². The number of benzene rings is 1. The number of rotatable bonds is 5. The van der Waals surface area contributed by atoms with Gasteiger partial charge < -0.3 is 10.1 Å². The van der Waals surface area contributed by atoms with Crippen molar-refractivity contribution in [3.8, 4) is 16.3 Å². The summed E-state index contributed by atoms with van der Waals surface area (Å²) in [5.74, 6) is -1.30. The molecule has 2 N–H and O–H groups in total. The van der Waals surface area contributed by atoms with Gasteiger partial charge in [0.25, 0.3) is 0 Å². The molecular formula is C15H13F2N3OS. The van der Waals surface area contributed by atoms with Crippen LogP contribution in [0.2, 0.25) is 0 Å². The number of aromatic nitrogens is 2. The van der Waals surface area contributed by atoms with Crippen molar-refractivity contribution in [3.63, 3.8) is 0 Å². The van der Waals surface area contributed by atoms with E-state index in [-0.39, 0.29) is 11.4 Å². The van der Waals surface area contributed by atoms with E-state index in [1.807, 2.05) is 17.5 Å². The molecule has 0 fully saturated rings. The Morgan fingerprint density at radius 2 is 2.18 bits per heavy atom. The van der Waals surface area contributed by atoms with Gasteiger partial charge in [-0.15, -0.1) is 11.3 Å². The fourth-order valence-electron chi connectivity index (χ4n) is 2.09. The molecule has 4 nitrogen and oxygen atoms in total. The summed E-state index contributed by atoms with van der Waals surface area (Å²) in [7, 11) is 1.30. The molecule has 0 spiro atoms. The zero-order valence-electron chi connectivity index (χ0n) is 11.7. The largest absolute Gasteiger partial charge is 0.494 e. The van der Waals surface area contributed by atoms with Crippen LogP contribution in [-0.4, -0.2) is 17.3 Å². The lowest BCUT2D eigenvalue weighted by atomic mass is 10.2. The molecule has 2 aromatic heterocycles. The lowest BCUT2D eigenvalue weighted by Gasteiger charge is -2.10. The third kappa shape index (κ3) is 2.80. The van der Waals surface area contributed by atoms with Crippen molar-refractivity contribution in [2.75, 3.05) is 12.4 Å². The smallest absolute Gasteiger partial charge is 0.167 e. The van der Waals surface area contributed by atoms with E-state index in [1.165, 1.54) is 7.11 Å². The van der Waals surface area contributed by atoms with Crippen LogP contribution in [0.5, 0.6) is 5.75 Å². The van der Waals surface area contributed by atoms with E-state index < -0.39 is 11.6 Å². The zero-order chi connectivity index (χ0) is 15.5. The van der Waals surface area contributed by atoms with Crippen LogP contribution in [0.25, 0.3) is 10.6 Å². The van der Waals surface area contributed by atoms with Gasteiger partial charge in [-0.3, -0.25) is 5.10 Å². The highest BCUT2D eigenvalue weighted by atomic mass is 32.1. The van der Waals surface area contributed by atoms with Crippen LogP contribution in [0.4, 0.5) is 14.5 Å². The fourth-order valence-corrected chi connectivity index (χ4v) is 2.85. The zero-order valence-corrected chi connectivity index (χ0v) is 12.5. The molecule has 1 aromatic carbocycles. The van der Waals surface area contributed by atoms with Gasteiger partial charge in [0, 0.05) is 24.2 Å². The molecule has 7 heteroatoms. The quantitative estimate of drug-likeness (QED) is 0.746. The summed E-state index contributed by atoms with van der Waals surface area (Å²) >= 11 is 1.58. The molecule has 2 heterocycles. The number of methoxy groups -OCH3 is 1. The van der Waals surface area contributed by atoms with Gasteiger partial charge in [-0.05, 0) is 11.4 Å². The maximum Gasteiger partial charge on any atom is 0.167 e. The summed E-state index contributed by atoms with van der Waals surface area (Å²) in [4.78, 5) is 1.04. The predicted molar refractivity (Wildman–Crippen MR) is 82.1 cm³/mol. The number of hydrogen-bond acceptors (Lipinski definition) is 4. The van der Waals surface area contributed by atoms with Crippen LogP contribution in [0, 0.1) is 11.6 Å². The van der Waals surface area contributed by atoms with Gasteiger partial charge in [0.1, 0.15) is 5.82 Å². The van der Waals surface area contributed by atoms with Gasteiger partial charge in [0.2, 0.25) is 0 Å². The number of ether oxygens (including phenoxy) is 1. The summed E-state index contributed by atoms with van der Waals surface area (Å²) in [6.45, 7) is 0.326. The van der Waals surface area contributed by atoms with E-state index in [2.05, 4.69) is 15.5 Å². The molecule has 0 radical (unpaired) electrons. The van der Waals surface area contributed by atoms with Crippen molar-refractivity contribution in [3.05, 3.63) is 53.0 Å². The highest BCUT2D eigenvalue weighted by Gasteiger charge is 2.12. The van der Waals surface area contributed by atoms with Crippen LogP contribution in [-0.2, 0) is 6.54 Å². The minimum Gasteiger partial charge on any atom is -0.494 e. The minimum absolute atomic E-state index is 0.0802. The standard InChI is InChI=1S/C15H13F2N3OS/c1-21-13-6-10(16)12(5-11(13)17)18-7-9-8-19-20-15(9)14-3-2-4-22-14/h2-6,8,18H,7H2,1H3,(H,19,20). The second kappa shape index (κ2) is 6.15. The predicted octanol–water partition coefficient (Wildman–Crippen LogP) is 4.04. The van der Waals surface area contributed by atoms with E-state index >= 15 is 0 Å². The number of aromatic amines is 1. The molecule has 3 aromatic rings. The topological polar surface area (TPSA) is 49.9 Å². The van der Waals surface area contributed by atoms with E-state index in [0.717, 1.165) is 28.3 Å². The van der Waals surface area contributed by atoms with Crippen molar-refractivity contribution in [2.24, 2.45) is 0 Å². The van der Waals surface area contributed by atoms with Crippen LogP contribution in [0.1, 0.15) is 5.56 Å². The van der Waals surface area contributed by atoms with Crippen molar-refractivity contribution in [1.29, 1.82) is 0 Å². The summed E-state index contributed by atoms with van der Waals surface area (Å²) in [5.41, 5.74) is 1.83. The van der Waals surface area contributed by atoms with E-state index in [9.17, 15) is 8.78 Å². The average Bonchev–Trinajstić information content (AvgIpc) is 3.17. The van der Waals surface area contributed by atoms with Crippen LogP contribution in [0.3, 0.4) is 0 Å². The first-order valence-electron chi connectivity index (χ1n) is 6.52.